The molecule has 0 N–H and O–H groups in total. The van der Waals surface area contributed by atoms with Crippen molar-refractivity contribution in [2.75, 3.05) is 0 Å². The highest BCUT2D eigenvalue weighted by atomic mass is 16.5. The second-order valence-electron chi connectivity index (χ2n) is 12.3. The van der Waals surface area contributed by atoms with Crippen LogP contribution in [-0.2, 0) is 12.8 Å². The number of aryl methyl sites for hydroxylation is 2. The van der Waals surface area contributed by atoms with Crippen LogP contribution in [0.5, 0.6) is 11.5 Å². The molecule has 0 atom stereocenters. The summed E-state index contributed by atoms with van der Waals surface area (Å²) in [4.78, 5) is 4.80. The maximum atomic E-state index is 8.63. The van der Waals surface area contributed by atoms with Gasteiger partial charge in [-0.25, -0.2) is 0 Å². The monoisotopic (exact) mass is 474 g/mol. The van der Waals surface area contributed by atoms with Gasteiger partial charge < -0.3 is 4.74 Å². The van der Waals surface area contributed by atoms with Crippen LogP contribution in [0.15, 0.2) is 54.7 Å². The number of pyridine rings is 1. The van der Waals surface area contributed by atoms with Crippen LogP contribution >= 0.6 is 0 Å². The average Bonchev–Trinajstić information content (AvgIpc) is 2.79. The molecule has 36 heavy (non-hydrogen) atoms. The Morgan fingerprint density at radius 3 is 2.39 bits per heavy atom. The van der Waals surface area contributed by atoms with E-state index in [2.05, 4.69) is 90.9 Å². The summed E-state index contributed by atoms with van der Waals surface area (Å²) in [6, 6.07) is 17.6. The standard InChI is InChI=1S/C34H35NO/c1-19(2)12-28-27-14-21(4)20(3)13-23(27)16-29-32-31-26(10-11-35-32)25-9-8-22(18-34(5,6)7)15-24(25)17-30(31)36-33(28)29/h8-11,13-17,19H,12,18H2,1-7H3/i11D. The van der Waals surface area contributed by atoms with E-state index in [0.717, 1.165) is 57.1 Å². The summed E-state index contributed by atoms with van der Waals surface area (Å²) in [6.07, 6.45) is 2.22. The molecular weight excluding hydrogens is 438 g/mol. The van der Waals surface area contributed by atoms with Crippen molar-refractivity contribution in [3.63, 3.8) is 0 Å². The molecule has 1 aliphatic heterocycles. The van der Waals surface area contributed by atoms with Crippen molar-refractivity contribution in [3.05, 3.63) is 77.0 Å². The summed E-state index contributed by atoms with van der Waals surface area (Å²) in [6.45, 7) is 15.7. The summed E-state index contributed by atoms with van der Waals surface area (Å²) in [7, 11) is 0. The molecule has 182 valence electrons. The Hall–Kier alpha value is -3.39. The van der Waals surface area contributed by atoms with Crippen LogP contribution in [0.3, 0.4) is 0 Å². The lowest BCUT2D eigenvalue weighted by atomic mass is 9.86. The molecule has 0 amide bonds. The van der Waals surface area contributed by atoms with Crippen LogP contribution < -0.4 is 4.74 Å². The van der Waals surface area contributed by atoms with E-state index >= 15 is 0 Å². The fraction of sp³-hybridized carbons (Fsp3) is 0.324. The van der Waals surface area contributed by atoms with Crippen molar-refractivity contribution in [2.24, 2.45) is 11.3 Å². The summed E-state index contributed by atoms with van der Waals surface area (Å²) in [5, 5.41) is 6.82. The second-order valence-corrected chi connectivity index (χ2v) is 12.3. The molecule has 0 spiro atoms. The van der Waals surface area contributed by atoms with E-state index in [1.165, 1.54) is 33.0 Å². The minimum absolute atomic E-state index is 0.211. The van der Waals surface area contributed by atoms with Crippen molar-refractivity contribution in [1.29, 1.82) is 0 Å². The SMILES string of the molecule is [2H]c1cc2c3c(cc4cc(CC(C)(C)C)ccc42)Oc2c(cc4cc(C)c(C)cc4c2CC(C)C)-c3n1. The Labute approximate surface area is 215 Å². The van der Waals surface area contributed by atoms with E-state index in [9.17, 15) is 0 Å². The van der Waals surface area contributed by atoms with Crippen molar-refractivity contribution < 1.29 is 6.11 Å². The second kappa shape index (κ2) is 8.06. The normalized spacial score (nSPS) is 13.4. The molecule has 0 radical (unpaired) electrons. The Morgan fingerprint density at radius 1 is 0.889 bits per heavy atom. The average molecular weight is 475 g/mol. The highest BCUT2D eigenvalue weighted by Gasteiger charge is 2.27. The van der Waals surface area contributed by atoms with Gasteiger partial charge in [0.15, 0.2) is 0 Å². The van der Waals surface area contributed by atoms with Gasteiger partial charge in [-0.15, -0.1) is 0 Å². The molecule has 2 nitrogen and oxygen atoms in total. The van der Waals surface area contributed by atoms with Gasteiger partial charge in [0.2, 0.25) is 0 Å². The van der Waals surface area contributed by atoms with Crippen LogP contribution in [0.4, 0.5) is 0 Å². The smallest absolute Gasteiger partial charge is 0.140 e. The van der Waals surface area contributed by atoms with E-state index in [1.54, 1.807) is 0 Å². The van der Waals surface area contributed by atoms with Crippen molar-refractivity contribution in [3.8, 4) is 22.8 Å². The number of hydrogen-bond donors (Lipinski definition) is 0. The number of fused-ring (bicyclic) bond motifs is 5. The van der Waals surface area contributed by atoms with Gasteiger partial charge in [0.1, 0.15) is 11.5 Å². The van der Waals surface area contributed by atoms with Gasteiger partial charge in [0.25, 0.3) is 0 Å². The maximum Gasteiger partial charge on any atom is 0.140 e. The Morgan fingerprint density at radius 2 is 1.64 bits per heavy atom. The van der Waals surface area contributed by atoms with Crippen LogP contribution in [0.1, 0.15) is 58.2 Å². The van der Waals surface area contributed by atoms with E-state index in [0.29, 0.717) is 5.92 Å². The van der Waals surface area contributed by atoms with Crippen molar-refractivity contribution in [1.82, 2.24) is 4.98 Å². The van der Waals surface area contributed by atoms with Gasteiger partial charge in [0.05, 0.1) is 12.5 Å². The minimum atomic E-state index is 0.211. The zero-order chi connectivity index (χ0) is 26.2. The number of ether oxygens (including phenoxy) is 1. The van der Waals surface area contributed by atoms with Gasteiger partial charge >= 0.3 is 0 Å². The third-order valence-electron chi connectivity index (χ3n) is 7.45. The summed E-state index contributed by atoms with van der Waals surface area (Å²) in [5.74, 6) is 2.23. The highest BCUT2D eigenvalue weighted by Crippen LogP contribution is 2.51. The summed E-state index contributed by atoms with van der Waals surface area (Å²) in [5.41, 5.74) is 7.21. The number of hydrogen-bond acceptors (Lipinski definition) is 2. The molecule has 5 aromatic rings. The highest BCUT2D eigenvalue weighted by molar-refractivity contribution is 6.16. The Kier molecular flexibility index (Phi) is 4.90. The van der Waals surface area contributed by atoms with E-state index in [1.807, 2.05) is 6.07 Å². The van der Waals surface area contributed by atoms with Crippen LogP contribution in [0, 0.1) is 25.2 Å². The summed E-state index contributed by atoms with van der Waals surface area (Å²) < 4.78 is 15.5. The third-order valence-corrected chi connectivity index (χ3v) is 7.45. The lowest BCUT2D eigenvalue weighted by molar-refractivity contribution is 0.411. The van der Waals surface area contributed by atoms with Crippen LogP contribution in [0.25, 0.3) is 43.6 Å². The van der Waals surface area contributed by atoms with E-state index < -0.39 is 0 Å². The number of benzene rings is 4. The lowest BCUT2D eigenvalue weighted by Gasteiger charge is -2.26. The molecule has 1 aromatic heterocycles. The molecular formula is C34H35NO. The van der Waals surface area contributed by atoms with Gasteiger partial charge in [-0.2, -0.15) is 0 Å². The molecule has 0 bridgehead atoms. The van der Waals surface area contributed by atoms with Gasteiger partial charge in [-0.3, -0.25) is 4.98 Å². The molecule has 6 rings (SSSR count). The topological polar surface area (TPSA) is 22.1 Å². The molecule has 0 saturated heterocycles. The largest absolute Gasteiger partial charge is 0.456 e. The fourth-order valence-electron chi connectivity index (χ4n) is 5.81. The summed E-state index contributed by atoms with van der Waals surface area (Å²) >= 11 is 0. The first-order chi connectivity index (χ1) is 17.5. The number of aromatic nitrogens is 1. The quantitative estimate of drug-likeness (QED) is 0.238. The first-order valence-corrected chi connectivity index (χ1v) is 13.1. The van der Waals surface area contributed by atoms with E-state index in [-0.39, 0.29) is 11.6 Å². The molecule has 4 aromatic carbocycles. The molecule has 0 fully saturated rings. The zero-order valence-electron chi connectivity index (χ0n) is 23.5. The minimum Gasteiger partial charge on any atom is -0.456 e. The first kappa shape index (κ1) is 21.9. The predicted octanol–water partition coefficient (Wildman–Crippen LogP) is 9.72. The Bertz CT molecular complexity index is 1740. The molecule has 0 aliphatic carbocycles. The van der Waals surface area contributed by atoms with Crippen LogP contribution in [-0.4, -0.2) is 4.98 Å². The molecule has 0 unspecified atom stereocenters. The molecule has 2 heteroatoms. The molecule has 1 aliphatic rings. The van der Waals surface area contributed by atoms with Gasteiger partial charge in [-0.1, -0.05) is 65.0 Å². The van der Waals surface area contributed by atoms with E-state index in [4.69, 9.17) is 11.1 Å². The van der Waals surface area contributed by atoms with Crippen molar-refractivity contribution >= 4 is 32.3 Å². The fourth-order valence-corrected chi connectivity index (χ4v) is 5.81. The Balaban J connectivity index is 1.68. The van der Waals surface area contributed by atoms with Crippen molar-refractivity contribution in [2.45, 2.75) is 61.3 Å². The van der Waals surface area contributed by atoms with Gasteiger partial charge in [-0.05, 0) is 99.8 Å². The van der Waals surface area contributed by atoms with Gasteiger partial charge in [0, 0.05) is 17.3 Å². The predicted molar refractivity (Wildman–Crippen MR) is 153 cm³/mol. The molecule has 2 heterocycles. The van der Waals surface area contributed by atoms with Crippen LogP contribution in [0.2, 0.25) is 0 Å². The molecule has 0 saturated carbocycles. The third kappa shape index (κ3) is 3.75. The maximum absolute atomic E-state index is 8.63. The first-order valence-electron chi connectivity index (χ1n) is 13.6. The lowest BCUT2D eigenvalue weighted by Crippen LogP contribution is -2.09. The number of nitrogens with zero attached hydrogens (tertiary/aromatic N) is 1. The number of rotatable bonds is 3. The zero-order valence-corrected chi connectivity index (χ0v) is 22.5.